The van der Waals surface area contributed by atoms with Gasteiger partial charge in [0.05, 0.1) is 18.6 Å². The van der Waals surface area contributed by atoms with Crippen molar-refractivity contribution in [1.82, 2.24) is 20.0 Å². The zero-order chi connectivity index (χ0) is 29.1. The average Bonchev–Trinajstić information content (AvgIpc) is 3.52. The molecule has 0 saturated carbocycles. The van der Waals surface area contributed by atoms with E-state index in [0.717, 1.165) is 38.3 Å². The number of piperazine rings is 1. The largest absolute Gasteiger partial charge is 0.369 e. The van der Waals surface area contributed by atoms with E-state index in [1.807, 2.05) is 39.8 Å². The molecule has 3 amide bonds. The molecule has 0 spiro atoms. The Morgan fingerprint density at radius 3 is 2.23 bits per heavy atom. The normalized spacial score (nSPS) is 23.8. The molecule has 10 heteroatoms. The van der Waals surface area contributed by atoms with Gasteiger partial charge in [-0.25, -0.2) is 0 Å². The molecule has 0 radical (unpaired) electrons. The summed E-state index contributed by atoms with van der Waals surface area (Å²) in [4.78, 5) is 61.0. The third kappa shape index (κ3) is 6.33. The summed E-state index contributed by atoms with van der Waals surface area (Å²) in [6.07, 6.45) is 1.74. The molecular formula is C30H46N6O4. The van der Waals surface area contributed by atoms with Crippen LogP contribution in [0.15, 0.2) is 24.3 Å². The van der Waals surface area contributed by atoms with Crippen LogP contribution in [0.5, 0.6) is 0 Å². The predicted octanol–water partition coefficient (Wildman–Crippen LogP) is 1.34. The lowest BCUT2D eigenvalue weighted by Crippen LogP contribution is -2.53. The maximum Gasteiger partial charge on any atom is 0.251 e. The number of nitrogens with zero attached hydrogens (tertiary/aromatic N) is 4. The molecule has 3 fully saturated rings. The Labute approximate surface area is 238 Å². The first-order chi connectivity index (χ1) is 19.0. The van der Waals surface area contributed by atoms with E-state index in [0.29, 0.717) is 24.9 Å². The quantitative estimate of drug-likeness (QED) is 0.473. The van der Waals surface area contributed by atoms with Gasteiger partial charge in [0.15, 0.2) is 5.78 Å². The molecule has 5 unspecified atom stereocenters. The van der Waals surface area contributed by atoms with Gasteiger partial charge in [-0.1, -0.05) is 34.1 Å². The zero-order valence-corrected chi connectivity index (χ0v) is 24.6. The third-order valence-electron chi connectivity index (χ3n) is 8.84. The van der Waals surface area contributed by atoms with E-state index in [-0.39, 0.29) is 47.9 Å². The molecule has 0 aromatic heterocycles. The van der Waals surface area contributed by atoms with Gasteiger partial charge < -0.3 is 30.7 Å². The number of amides is 3. The SMILES string of the molecule is CCC(C)C(N)C(=O)N1CC(=O)C2C1CCN2C(=O)C(CC(C)C)NC(=O)c1ccc(N2CCN(C)CC2)cc1. The van der Waals surface area contributed by atoms with E-state index in [9.17, 15) is 19.2 Å². The standard InChI is InChI=1S/C30H46N6O4/c1-6-20(4)26(31)30(40)36-18-25(37)27-24(36)11-12-35(27)29(39)23(17-19(2)3)32-28(38)21-7-9-22(10-8-21)34-15-13-33(5)14-16-34/h7-10,19-20,23-24,26-27H,6,11-18,31H2,1-5H3,(H,32,38). The first kappa shape index (κ1) is 30.0. The zero-order valence-electron chi connectivity index (χ0n) is 24.6. The fourth-order valence-corrected chi connectivity index (χ4v) is 6.07. The first-order valence-corrected chi connectivity index (χ1v) is 14.8. The smallest absolute Gasteiger partial charge is 0.251 e. The Morgan fingerprint density at radius 1 is 0.975 bits per heavy atom. The Kier molecular flexibility index (Phi) is 9.51. The highest BCUT2D eigenvalue weighted by atomic mass is 16.2. The van der Waals surface area contributed by atoms with Crippen LogP contribution in [0.3, 0.4) is 0 Å². The van der Waals surface area contributed by atoms with Crippen LogP contribution in [0.1, 0.15) is 57.3 Å². The molecule has 10 nitrogen and oxygen atoms in total. The van der Waals surface area contributed by atoms with E-state index in [2.05, 4.69) is 22.2 Å². The fraction of sp³-hybridized carbons (Fsp3) is 0.667. The molecule has 5 atom stereocenters. The maximum absolute atomic E-state index is 13.8. The van der Waals surface area contributed by atoms with E-state index < -0.39 is 18.1 Å². The number of benzene rings is 1. The van der Waals surface area contributed by atoms with Crippen molar-refractivity contribution in [2.24, 2.45) is 17.6 Å². The number of hydrogen-bond donors (Lipinski definition) is 2. The topological polar surface area (TPSA) is 119 Å². The maximum atomic E-state index is 13.8. The molecule has 0 aliphatic carbocycles. The number of likely N-dealkylation sites (N-methyl/N-ethyl adjacent to an activating group) is 1. The van der Waals surface area contributed by atoms with Gasteiger partial charge >= 0.3 is 0 Å². The Balaban J connectivity index is 1.44. The van der Waals surface area contributed by atoms with Crippen LogP contribution in [0.2, 0.25) is 0 Å². The molecule has 1 aromatic carbocycles. The van der Waals surface area contributed by atoms with E-state index >= 15 is 0 Å². The summed E-state index contributed by atoms with van der Waals surface area (Å²) in [6, 6.07) is 5.04. The van der Waals surface area contributed by atoms with Crippen LogP contribution >= 0.6 is 0 Å². The lowest BCUT2D eigenvalue weighted by Gasteiger charge is -2.34. The lowest BCUT2D eigenvalue weighted by atomic mass is 9.98. The second-order valence-corrected chi connectivity index (χ2v) is 12.2. The van der Waals surface area contributed by atoms with E-state index in [1.165, 1.54) is 0 Å². The van der Waals surface area contributed by atoms with E-state index in [1.54, 1.807) is 21.9 Å². The van der Waals surface area contributed by atoms with Gasteiger partial charge in [-0.15, -0.1) is 0 Å². The molecule has 0 bridgehead atoms. The van der Waals surface area contributed by atoms with Crippen molar-refractivity contribution in [1.29, 1.82) is 0 Å². The Morgan fingerprint density at radius 2 is 1.62 bits per heavy atom. The van der Waals surface area contributed by atoms with Crippen LogP contribution in [0, 0.1) is 11.8 Å². The number of carbonyl (C=O) groups excluding carboxylic acids is 4. The second-order valence-electron chi connectivity index (χ2n) is 12.2. The molecular weight excluding hydrogens is 508 g/mol. The fourth-order valence-electron chi connectivity index (χ4n) is 6.07. The molecule has 3 heterocycles. The van der Waals surface area contributed by atoms with Crippen LogP contribution < -0.4 is 16.0 Å². The van der Waals surface area contributed by atoms with Crippen LogP contribution in [-0.4, -0.2) is 109 Å². The minimum atomic E-state index is -0.761. The highest BCUT2D eigenvalue weighted by molar-refractivity contribution is 6.01. The molecule has 220 valence electrons. The van der Waals surface area contributed by atoms with Crippen molar-refractivity contribution < 1.29 is 19.2 Å². The summed E-state index contributed by atoms with van der Waals surface area (Å²) < 4.78 is 0. The number of nitrogens with one attached hydrogen (secondary N) is 1. The van der Waals surface area contributed by atoms with Crippen molar-refractivity contribution in [2.75, 3.05) is 51.2 Å². The monoisotopic (exact) mass is 554 g/mol. The van der Waals surface area contributed by atoms with Gasteiger partial charge in [0.2, 0.25) is 11.8 Å². The number of Topliss-reactive ketones (excluding diaryl/α,β-unsaturated/α-hetero) is 1. The number of anilines is 1. The summed E-state index contributed by atoms with van der Waals surface area (Å²) in [5, 5.41) is 2.95. The number of rotatable bonds is 9. The van der Waals surface area contributed by atoms with Crippen LogP contribution in [0.25, 0.3) is 0 Å². The summed E-state index contributed by atoms with van der Waals surface area (Å²) in [6.45, 7) is 12.1. The van der Waals surface area contributed by atoms with Crippen LogP contribution in [0.4, 0.5) is 5.69 Å². The Hall–Kier alpha value is -2.98. The highest BCUT2D eigenvalue weighted by Crippen LogP contribution is 2.32. The Bertz CT molecular complexity index is 1080. The average molecular weight is 555 g/mol. The van der Waals surface area contributed by atoms with Crippen molar-refractivity contribution in [3.8, 4) is 0 Å². The molecule has 1 aromatic rings. The van der Waals surface area contributed by atoms with Crippen molar-refractivity contribution in [2.45, 2.75) is 71.1 Å². The number of carbonyl (C=O) groups is 4. The third-order valence-corrected chi connectivity index (χ3v) is 8.84. The van der Waals surface area contributed by atoms with Gasteiger partial charge in [0.25, 0.3) is 5.91 Å². The van der Waals surface area contributed by atoms with Gasteiger partial charge in [-0.05, 0) is 56.0 Å². The van der Waals surface area contributed by atoms with E-state index in [4.69, 9.17) is 5.73 Å². The van der Waals surface area contributed by atoms with Gasteiger partial charge in [0, 0.05) is 44.0 Å². The minimum absolute atomic E-state index is 0.00190. The molecule has 3 aliphatic heterocycles. The van der Waals surface area contributed by atoms with Crippen molar-refractivity contribution in [3.63, 3.8) is 0 Å². The minimum Gasteiger partial charge on any atom is -0.369 e. The second kappa shape index (κ2) is 12.7. The molecule has 3 aliphatic rings. The van der Waals surface area contributed by atoms with Gasteiger partial charge in [0.1, 0.15) is 12.1 Å². The number of likely N-dealkylation sites (tertiary alicyclic amines) is 2. The van der Waals surface area contributed by atoms with Crippen molar-refractivity contribution in [3.05, 3.63) is 29.8 Å². The number of fused-ring (bicyclic) bond motifs is 1. The number of hydrogen-bond acceptors (Lipinski definition) is 7. The number of ketones is 1. The highest BCUT2D eigenvalue weighted by Gasteiger charge is 2.52. The van der Waals surface area contributed by atoms with Crippen molar-refractivity contribution >= 4 is 29.2 Å². The lowest BCUT2D eigenvalue weighted by molar-refractivity contribution is -0.138. The molecule has 3 N–H and O–H groups in total. The van der Waals surface area contributed by atoms with Gasteiger partial charge in [-0.2, -0.15) is 0 Å². The first-order valence-electron chi connectivity index (χ1n) is 14.8. The predicted molar refractivity (Wildman–Crippen MR) is 155 cm³/mol. The summed E-state index contributed by atoms with van der Waals surface area (Å²) in [5.74, 6) is -0.794. The molecule has 3 saturated heterocycles. The molecule has 4 rings (SSSR count). The summed E-state index contributed by atoms with van der Waals surface area (Å²) in [5.41, 5.74) is 7.78. The summed E-state index contributed by atoms with van der Waals surface area (Å²) >= 11 is 0. The van der Waals surface area contributed by atoms with Crippen LogP contribution in [-0.2, 0) is 14.4 Å². The van der Waals surface area contributed by atoms with Gasteiger partial charge in [-0.3, -0.25) is 19.2 Å². The molecule has 40 heavy (non-hydrogen) atoms. The number of nitrogens with two attached hydrogens (primary N) is 1. The summed E-state index contributed by atoms with van der Waals surface area (Å²) in [7, 11) is 2.11.